The van der Waals surface area contributed by atoms with Crippen molar-refractivity contribution in [2.45, 2.75) is 51.6 Å². The molecule has 0 radical (unpaired) electrons. The number of aliphatic carboxylic acids is 1. The summed E-state index contributed by atoms with van der Waals surface area (Å²) in [6, 6.07) is 0.282. The second-order valence-electron chi connectivity index (χ2n) is 6.64. The smallest absolute Gasteiger partial charge is 0.308 e. The predicted molar refractivity (Wildman–Crippen MR) is 71.7 cm³/mol. The zero-order valence-corrected chi connectivity index (χ0v) is 11.9. The summed E-state index contributed by atoms with van der Waals surface area (Å²) < 4.78 is 0. The second-order valence-corrected chi connectivity index (χ2v) is 6.64. The van der Waals surface area contributed by atoms with Gasteiger partial charge in [0.15, 0.2) is 0 Å². The summed E-state index contributed by atoms with van der Waals surface area (Å²) in [5.41, 5.74) is 0.230. The van der Waals surface area contributed by atoms with E-state index in [1.165, 1.54) is 0 Å². The van der Waals surface area contributed by atoms with Crippen LogP contribution in [0, 0.1) is 5.92 Å². The molecule has 0 spiro atoms. The van der Waals surface area contributed by atoms with Crippen LogP contribution < -0.4 is 0 Å². The van der Waals surface area contributed by atoms with Crippen LogP contribution in [0.5, 0.6) is 0 Å². The van der Waals surface area contributed by atoms with Crippen LogP contribution in [0.3, 0.4) is 0 Å². The van der Waals surface area contributed by atoms with E-state index in [2.05, 4.69) is 30.6 Å². The van der Waals surface area contributed by atoms with Crippen molar-refractivity contribution in [3.63, 3.8) is 0 Å². The highest BCUT2D eigenvalue weighted by atomic mass is 16.4. The van der Waals surface area contributed by atoms with Crippen LogP contribution >= 0.6 is 0 Å². The van der Waals surface area contributed by atoms with Crippen molar-refractivity contribution in [2.75, 3.05) is 26.2 Å². The normalized spacial score (nSPS) is 31.7. The SMILES string of the molecule is CC(C)(C)N1CCN(C2CCCC2C(=O)O)CC1. The fourth-order valence-corrected chi connectivity index (χ4v) is 3.39. The third kappa shape index (κ3) is 2.86. The number of carboxylic acid groups (broad SMARTS) is 1. The van der Waals surface area contributed by atoms with Gasteiger partial charge in [-0.25, -0.2) is 0 Å². The number of hydrogen-bond donors (Lipinski definition) is 1. The number of hydrogen-bond acceptors (Lipinski definition) is 3. The molecule has 1 saturated carbocycles. The Labute approximate surface area is 110 Å². The molecule has 4 nitrogen and oxygen atoms in total. The average Bonchev–Trinajstić information content (AvgIpc) is 2.77. The van der Waals surface area contributed by atoms with Gasteiger partial charge in [-0.2, -0.15) is 0 Å². The molecule has 2 rings (SSSR count). The Kier molecular flexibility index (Phi) is 3.97. The Hall–Kier alpha value is -0.610. The zero-order chi connectivity index (χ0) is 13.3. The standard InChI is InChI=1S/C14H26N2O2/c1-14(2,3)16-9-7-15(8-10-16)12-6-4-5-11(12)13(17)18/h11-12H,4-10H2,1-3H3,(H,17,18). The maximum absolute atomic E-state index is 11.2. The summed E-state index contributed by atoms with van der Waals surface area (Å²) in [7, 11) is 0. The maximum Gasteiger partial charge on any atom is 0.308 e. The molecule has 2 atom stereocenters. The Bertz CT molecular complexity index is 303. The van der Waals surface area contributed by atoms with Crippen LogP contribution in [0.1, 0.15) is 40.0 Å². The molecular weight excluding hydrogens is 228 g/mol. The van der Waals surface area contributed by atoms with Crippen molar-refractivity contribution in [1.82, 2.24) is 9.80 Å². The average molecular weight is 254 g/mol. The summed E-state index contributed by atoms with van der Waals surface area (Å²) >= 11 is 0. The predicted octanol–water partition coefficient (Wildman–Crippen LogP) is 1.66. The Morgan fingerprint density at radius 2 is 1.72 bits per heavy atom. The third-order valence-corrected chi connectivity index (χ3v) is 4.53. The molecule has 18 heavy (non-hydrogen) atoms. The van der Waals surface area contributed by atoms with Crippen LogP contribution in [0.4, 0.5) is 0 Å². The molecule has 2 fully saturated rings. The summed E-state index contributed by atoms with van der Waals surface area (Å²) in [6.07, 6.45) is 2.99. The van der Waals surface area contributed by atoms with E-state index in [0.717, 1.165) is 45.4 Å². The van der Waals surface area contributed by atoms with Crippen LogP contribution in [-0.2, 0) is 4.79 Å². The highest BCUT2D eigenvalue weighted by Gasteiger charge is 2.38. The molecule has 2 aliphatic rings. The van der Waals surface area contributed by atoms with E-state index < -0.39 is 5.97 Å². The summed E-state index contributed by atoms with van der Waals surface area (Å²) in [5.74, 6) is -0.734. The van der Waals surface area contributed by atoms with Crippen molar-refractivity contribution in [3.05, 3.63) is 0 Å². The van der Waals surface area contributed by atoms with Crippen molar-refractivity contribution in [3.8, 4) is 0 Å². The Balaban J connectivity index is 1.91. The van der Waals surface area contributed by atoms with Gasteiger partial charge in [0.05, 0.1) is 5.92 Å². The van der Waals surface area contributed by atoms with Gasteiger partial charge < -0.3 is 5.11 Å². The van der Waals surface area contributed by atoms with E-state index in [1.54, 1.807) is 0 Å². The molecule has 1 saturated heterocycles. The molecule has 0 aromatic carbocycles. The van der Waals surface area contributed by atoms with Crippen LogP contribution in [0.15, 0.2) is 0 Å². The van der Waals surface area contributed by atoms with Gasteiger partial charge in [-0.1, -0.05) is 6.42 Å². The molecule has 4 heteroatoms. The van der Waals surface area contributed by atoms with E-state index in [1.807, 2.05) is 0 Å². The van der Waals surface area contributed by atoms with Gasteiger partial charge in [-0.3, -0.25) is 14.6 Å². The second kappa shape index (κ2) is 5.17. The summed E-state index contributed by atoms with van der Waals surface area (Å²) in [4.78, 5) is 16.1. The lowest BCUT2D eigenvalue weighted by Crippen LogP contribution is -2.56. The molecule has 1 N–H and O–H groups in total. The first-order chi connectivity index (χ1) is 8.39. The van der Waals surface area contributed by atoms with Crippen LogP contribution in [0.2, 0.25) is 0 Å². The highest BCUT2D eigenvalue weighted by molar-refractivity contribution is 5.71. The fourth-order valence-electron chi connectivity index (χ4n) is 3.39. The molecule has 0 aromatic rings. The largest absolute Gasteiger partial charge is 0.481 e. The lowest BCUT2D eigenvalue weighted by Gasteiger charge is -2.44. The molecule has 1 aliphatic carbocycles. The number of nitrogens with zero attached hydrogens (tertiary/aromatic N) is 2. The lowest BCUT2D eigenvalue weighted by atomic mass is 10.00. The molecule has 0 amide bonds. The van der Waals surface area contributed by atoms with Crippen LogP contribution in [-0.4, -0.2) is 58.6 Å². The quantitative estimate of drug-likeness (QED) is 0.814. The first-order valence-corrected chi connectivity index (χ1v) is 7.11. The first kappa shape index (κ1) is 13.8. The van der Waals surface area contributed by atoms with E-state index >= 15 is 0 Å². The Morgan fingerprint density at radius 3 is 2.22 bits per heavy atom. The van der Waals surface area contributed by atoms with Gasteiger partial charge in [-0.05, 0) is 33.6 Å². The summed E-state index contributed by atoms with van der Waals surface area (Å²) in [6.45, 7) is 10.9. The first-order valence-electron chi connectivity index (χ1n) is 7.11. The van der Waals surface area contributed by atoms with Gasteiger partial charge in [0.25, 0.3) is 0 Å². The number of carboxylic acids is 1. The molecule has 2 unspecified atom stereocenters. The van der Waals surface area contributed by atoms with E-state index in [9.17, 15) is 9.90 Å². The molecule has 1 heterocycles. The maximum atomic E-state index is 11.2. The minimum atomic E-state index is -0.601. The van der Waals surface area contributed by atoms with Gasteiger partial charge in [0, 0.05) is 37.8 Å². The summed E-state index contributed by atoms with van der Waals surface area (Å²) in [5, 5.41) is 9.26. The van der Waals surface area contributed by atoms with Crippen molar-refractivity contribution < 1.29 is 9.90 Å². The molecule has 1 aliphatic heterocycles. The van der Waals surface area contributed by atoms with E-state index in [4.69, 9.17) is 0 Å². The van der Waals surface area contributed by atoms with E-state index in [-0.39, 0.29) is 17.5 Å². The molecule has 0 bridgehead atoms. The zero-order valence-electron chi connectivity index (χ0n) is 11.9. The highest BCUT2D eigenvalue weighted by Crippen LogP contribution is 2.31. The number of rotatable bonds is 2. The minimum Gasteiger partial charge on any atom is -0.481 e. The number of piperazine rings is 1. The van der Waals surface area contributed by atoms with Crippen molar-refractivity contribution in [1.29, 1.82) is 0 Å². The third-order valence-electron chi connectivity index (χ3n) is 4.53. The van der Waals surface area contributed by atoms with Gasteiger partial charge >= 0.3 is 5.97 Å². The van der Waals surface area contributed by atoms with Gasteiger partial charge in [0.2, 0.25) is 0 Å². The lowest BCUT2D eigenvalue weighted by molar-refractivity contribution is -0.143. The monoisotopic (exact) mass is 254 g/mol. The van der Waals surface area contributed by atoms with Gasteiger partial charge in [0.1, 0.15) is 0 Å². The topological polar surface area (TPSA) is 43.8 Å². The van der Waals surface area contributed by atoms with E-state index in [0.29, 0.717) is 0 Å². The van der Waals surface area contributed by atoms with Crippen molar-refractivity contribution >= 4 is 5.97 Å². The molecule has 0 aromatic heterocycles. The molecule has 104 valence electrons. The van der Waals surface area contributed by atoms with Gasteiger partial charge in [-0.15, -0.1) is 0 Å². The number of carbonyl (C=O) groups is 1. The Morgan fingerprint density at radius 1 is 1.11 bits per heavy atom. The van der Waals surface area contributed by atoms with Crippen molar-refractivity contribution in [2.24, 2.45) is 5.92 Å². The molecular formula is C14H26N2O2. The minimum absolute atomic E-state index is 0.133. The fraction of sp³-hybridized carbons (Fsp3) is 0.929. The van der Waals surface area contributed by atoms with Crippen LogP contribution in [0.25, 0.3) is 0 Å².